The minimum atomic E-state index is 0.0440. The highest BCUT2D eigenvalue weighted by molar-refractivity contribution is 5.92. The number of para-hydroxylation sites is 2. The molecule has 1 amide bonds. The van der Waals surface area contributed by atoms with Crippen LogP contribution in [0.2, 0.25) is 0 Å². The fourth-order valence-corrected chi connectivity index (χ4v) is 4.25. The average molecular weight is 415 g/mol. The summed E-state index contributed by atoms with van der Waals surface area (Å²) in [6.07, 6.45) is 5.37. The monoisotopic (exact) mass is 414 g/mol. The van der Waals surface area contributed by atoms with Crippen LogP contribution in [0.3, 0.4) is 0 Å². The number of amides is 1. The average Bonchev–Trinajstić information content (AvgIpc) is 3.44. The molecule has 1 saturated heterocycles. The quantitative estimate of drug-likeness (QED) is 0.542. The summed E-state index contributed by atoms with van der Waals surface area (Å²) >= 11 is 0. The van der Waals surface area contributed by atoms with Gasteiger partial charge in [0.2, 0.25) is 5.91 Å². The highest BCUT2D eigenvalue weighted by atomic mass is 16.1. The Hall–Kier alpha value is -3.45. The molecule has 5 rings (SSSR count). The first-order chi connectivity index (χ1) is 15.2. The number of piperidine rings is 1. The fraction of sp³-hybridized carbons (Fsp3) is 0.292. The van der Waals surface area contributed by atoms with Gasteiger partial charge >= 0.3 is 0 Å². The van der Waals surface area contributed by atoms with Gasteiger partial charge in [0.25, 0.3) is 0 Å². The Labute approximate surface area is 181 Å². The molecule has 0 atom stereocenters. The lowest BCUT2D eigenvalue weighted by Gasteiger charge is -2.31. The largest absolute Gasteiger partial charge is 0.330 e. The molecule has 3 heterocycles. The number of rotatable bonds is 5. The second-order valence-electron chi connectivity index (χ2n) is 8.11. The zero-order valence-electron chi connectivity index (χ0n) is 17.6. The van der Waals surface area contributed by atoms with Crippen molar-refractivity contribution in [1.82, 2.24) is 24.2 Å². The summed E-state index contributed by atoms with van der Waals surface area (Å²) in [6, 6.07) is 17.9. The van der Waals surface area contributed by atoms with Gasteiger partial charge in [-0.3, -0.25) is 9.69 Å². The number of likely N-dealkylation sites (tertiary alicyclic amines) is 1. The molecule has 7 heteroatoms. The number of hydrogen-bond acceptors (Lipinski definition) is 4. The molecule has 4 aromatic rings. The number of imidazole rings is 1. The lowest BCUT2D eigenvalue weighted by Crippen LogP contribution is -2.38. The lowest BCUT2D eigenvalue weighted by atomic mass is 9.96. The highest BCUT2D eigenvalue weighted by Gasteiger charge is 2.26. The van der Waals surface area contributed by atoms with Crippen molar-refractivity contribution < 1.29 is 4.79 Å². The zero-order chi connectivity index (χ0) is 21.2. The van der Waals surface area contributed by atoms with Crippen molar-refractivity contribution in [2.24, 2.45) is 13.0 Å². The number of aromatic nitrogens is 4. The minimum absolute atomic E-state index is 0.0440. The maximum atomic E-state index is 12.8. The van der Waals surface area contributed by atoms with Gasteiger partial charge in [-0.25, -0.2) is 9.67 Å². The molecule has 1 aliphatic rings. The molecular weight excluding hydrogens is 388 g/mol. The fourth-order valence-electron chi connectivity index (χ4n) is 4.25. The van der Waals surface area contributed by atoms with Gasteiger partial charge < -0.3 is 9.88 Å². The normalized spacial score (nSPS) is 15.4. The first-order valence-corrected chi connectivity index (χ1v) is 10.7. The number of aryl methyl sites for hydroxylation is 1. The molecule has 0 spiro atoms. The van der Waals surface area contributed by atoms with Crippen molar-refractivity contribution in [3.05, 3.63) is 72.8 Å². The van der Waals surface area contributed by atoms with E-state index in [1.807, 2.05) is 48.7 Å². The molecule has 0 radical (unpaired) electrons. The maximum absolute atomic E-state index is 12.8. The van der Waals surface area contributed by atoms with Gasteiger partial charge in [0.15, 0.2) is 0 Å². The number of fused-ring (bicyclic) bond motifs is 1. The Morgan fingerprint density at radius 2 is 1.84 bits per heavy atom. The van der Waals surface area contributed by atoms with Crippen LogP contribution in [0.1, 0.15) is 18.7 Å². The van der Waals surface area contributed by atoms with Crippen molar-refractivity contribution in [3.8, 4) is 5.69 Å². The summed E-state index contributed by atoms with van der Waals surface area (Å²) in [5, 5.41) is 7.30. The molecule has 1 N–H and O–H groups in total. The van der Waals surface area contributed by atoms with E-state index < -0.39 is 0 Å². The van der Waals surface area contributed by atoms with Gasteiger partial charge in [-0.15, -0.1) is 0 Å². The summed E-state index contributed by atoms with van der Waals surface area (Å²) in [6.45, 7) is 2.62. The van der Waals surface area contributed by atoms with E-state index in [0.29, 0.717) is 0 Å². The molecule has 0 bridgehead atoms. The third kappa shape index (κ3) is 4.09. The summed E-state index contributed by atoms with van der Waals surface area (Å²) < 4.78 is 3.97. The second kappa shape index (κ2) is 8.35. The van der Waals surface area contributed by atoms with Gasteiger partial charge in [0.1, 0.15) is 5.82 Å². The first-order valence-electron chi connectivity index (χ1n) is 10.7. The molecule has 2 aromatic carbocycles. The van der Waals surface area contributed by atoms with E-state index in [9.17, 15) is 4.79 Å². The summed E-state index contributed by atoms with van der Waals surface area (Å²) in [7, 11) is 2.07. The zero-order valence-corrected chi connectivity index (χ0v) is 17.6. The molecule has 0 unspecified atom stereocenters. The number of hydrogen-bond donors (Lipinski definition) is 1. The first kappa shape index (κ1) is 19.5. The Bertz CT molecular complexity index is 1170. The number of carbonyl (C=O) groups excluding carboxylic acids is 1. The highest BCUT2D eigenvalue weighted by Crippen LogP contribution is 2.22. The number of benzene rings is 2. The van der Waals surface area contributed by atoms with Crippen molar-refractivity contribution in [3.63, 3.8) is 0 Å². The molecular formula is C24H26N6O. The Kier molecular flexibility index (Phi) is 5.26. The van der Waals surface area contributed by atoms with Crippen molar-refractivity contribution in [2.45, 2.75) is 19.4 Å². The number of carbonyl (C=O) groups is 1. The van der Waals surface area contributed by atoms with Gasteiger partial charge in [-0.1, -0.05) is 12.1 Å². The Balaban J connectivity index is 1.15. The predicted molar refractivity (Wildman–Crippen MR) is 121 cm³/mol. The number of anilines is 1. The van der Waals surface area contributed by atoms with E-state index in [1.165, 1.54) is 0 Å². The Morgan fingerprint density at radius 1 is 1.06 bits per heavy atom. The summed E-state index contributed by atoms with van der Waals surface area (Å²) in [5.74, 6) is 1.22. The van der Waals surface area contributed by atoms with Gasteiger partial charge in [0.05, 0.1) is 23.3 Å². The van der Waals surface area contributed by atoms with Crippen LogP contribution in [-0.2, 0) is 18.4 Å². The van der Waals surface area contributed by atoms with Crippen LogP contribution in [0.5, 0.6) is 0 Å². The smallest absolute Gasteiger partial charge is 0.227 e. The van der Waals surface area contributed by atoms with Gasteiger partial charge in [-0.2, -0.15) is 5.10 Å². The maximum Gasteiger partial charge on any atom is 0.227 e. The third-order valence-electron chi connectivity index (χ3n) is 6.11. The lowest BCUT2D eigenvalue weighted by molar-refractivity contribution is -0.121. The molecule has 7 nitrogen and oxygen atoms in total. The standard InChI is InChI=1S/C24H26N6O/c1-28-22-6-3-2-5-21(22)27-23(28)17-29-15-11-18(12-16-29)24(31)26-19-7-9-20(10-8-19)30-14-4-13-25-30/h2-10,13-14,18H,11-12,15-17H2,1H3,(H,26,31). The predicted octanol–water partition coefficient (Wildman–Crippen LogP) is 3.61. The van der Waals surface area contributed by atoms with Crippen LogP contribution >= 0.6 is 0 Å². The minimum Gasteiger partial charge on any atom is -0.330 e. The van der Waals surface area contributed by atoms with Crippen LogP contribution < -0.4 is 5.32 Å². The van der Waals surface area contributed by atoms with Gasteiger partial charge in [0, 0.05) is 31.0 Å². The summed E-state index contributed by atoms with van der Waals surface area (Å²) in [5.41, 5.74) is 3.99. The van der Waals surface area contributed by atoms with E-state index in [2.05, 4.69) is 39.1 Å². The van der Waals surface area contributed by atoms with Crippen LogP contribution in [0.25, 0.3) is 16.7 Å². The van der Waals surface area contributed by atoms with Crippen LogP contribution in [0.4, 0.5) is 5.69 Å². The molecule has 1 aliphatic heterocycles. The third-order valence-corrected chi connectivity index (χ3v) is 6.11. The molecule has 0 saturated carbocycles. The van der Waals surface area contributed by atoms with E-state index in [4.69, 9.17) is 4.98 Å². The van der Waals surface area contributed by atoms with Crippen LogP contribution in [0.15, 0.2) is 67.0 Å². The van der Waals surface area contributed by atoms with E-state index in [-0.39, 0.29) is 11.8 Å². The Morgan fingerprint density at radius 3 is 2.55 bits per heavy atom. The number of nitrogens with one attached hydrogen (secondary N) is 1. The van der Waals surface area contributed by atoms with Crippen LogP contribution in [0, 0.1) is 5.92 Å². The van der Waals surface area contributed by atoms with Crippen molar-refractivity contribution >= 4 is 22.6 Å². The molecule has 0 aliphatic carbocycles. The summed E-state index contributed by atoms with van der Waals surface area (Å²) in [4.78, 5) is 19.9. The number of nitrogens with zero attached hydrogens (tertiary/aromatic N) is 5. The van der Waals surface area contributed by atoms with Crippen molar-refractivity contribution in [2.75, 3.05) is 18.4 Å². The molecule has 31 heavy (non-hydrogen) atoms. The second-order valence-corrected chi connectivity index (χ2v) is 8.11. The van der Waals surface area contributed by atoms with E-state index >= 15 is 0 Å². The molecule has 2 aromatic heterocycles. The van der Waals surface area contributed by atoms with Crippen LogP contribution in [-0.4, -0.2) is 43.2 Å². The van der Waals surface area contributed by atoms with Gasteiger partial charge in [-0.05, 0) is 68.4 Å². The topological polar surface area (TPSA) is 68.0 Å². The molecule has 158 valence electrons. The SMILES string of the molecule is Cn1c(CN2CCC(C(=O)Nc3ccc(-n4cccn4)cc3)CC2)nc2ccccc21. The van der Waals surface area contributed by atoms with E-state index in [0.717, 1.165) is 60.7 Å². The van der Waals surface area contributed by atoms with Crippen molar-refractivity contribution in [1.29, 1.82) is 0 Å². The molecule has 1 fully saturated rings. The van der Waals surface area contributed by atoms with E-state index in [1.54, 1.807) is 10.9 Å².